The standard InChI is InChI=1S/C22H15F4N5O2/c23-15-10-12(6-7-16(15)33-14-8-9-29-17(27)11-14)19-18(21(28)32)20(22(24,25)26)31(30-19)13-4-2-1-3-5-13/h1-11H,(H2,27,29)(H2,28,32). The van der Waals surface area contributed by atoms with Gasteiger partial charge in [0.15, 0.2) is 17.3 Å². The number of anilines is 1. The normalized spacial score (nSPS) is 11.4. The Morgan fingerprint density at radius 1 is 1.03 bits per heavy atom. The molecule has 0 aliphatic carbocycles. The number of carbonyl (C=O) groups is 1. The summed E-state index contributed by atoms with van der Waals surface area (Å²) in [5.41, 5.74) is 8.17. The fourth-order valence-corrected chi connectivity index (χ4v) is 3.22. The number of nitrogens with two attached hydrogens (primary N) is 2. The number of halogens is 4. The Balaban J connectivity index is 1.84. The van der Waals surface area contributed by atoms with Gasteiger partial charge in [0.25, 0.3) is 5.91 Å². The number of nitrogen functional groups attached to an aromatic ring is 1. The Labute approximate surface area is 184 Å². The van der Waals surface area contributed by atoms with Gasteiger partial charge in [-0.3, -0.25) is 4.79 Å². The molecule has 0 saturated heterocycles. The summed E-state index contributed by atoms with van der Waals surface area (Å²) in [4.78, 5) is 15.9. The molecular formula is C22H15F4N5O2. The van der Waals surface area contributed by atoms with E-state index in [2.05, 4.69) is 10.1 Å². The lowest BCUT2D eigenvalue weighted by Gasteiger charge is -2.11. The molecule has 0 unspecified atom stereocenters. The summed E-state index contributed by atoms with van der Waals surface area (Å²) in [7, 11) is 0. The van der Waals surface area contributed by atoms with E-state index in [4.69, 9.17) is 16.2 Å². The van der Waals surface area contributed by atoms with Crippen LogP contribution < -0.4 is 16.2 Å². The fourth-order valence-electron chi connectivity index (χ4n) is 3.22. The number of hydrogen-bond acceptors (Lipinski definition) is 5. The third-order valence-corrected chi connectivity index (χ3v) is 4.59. The summed E-state index contributed by atoms with van der Waals surface area (Å²) in [6.07, 6.45) is -3.60. The minimum atomic E-state index is -4.96. The van der Waals surface area contributed by atoms with Gasteiger partial charge in [0.05, 0.1) is 11.3 Å². The number of pyridine rings is 1. The van der Waals surface area contributed by atoms with Crippen molar-refractivity contribution >= 4 is 11.7 Å². The molecule has 11 heteroatoms. The molecule has 4 N–H and O–H groups in total. The number of ether oxygens (including phenoxy) is 1. The smallest absolute Gasteiger partial charge is 0.434 e. The van der Waals surface area contributed by atoms with E-state index in [1.165, 1.54) is 54.7 Å². The van der Waals surface area contributed by atoms with Crippen LogP contribution in [0.3, 0.4) is 0 Å². The first-order valence-electron chi connectivity index (χ1n) is 9.40. The van der Waals surface area contributed by atoms with Crippen molar-refractivity contribution in [1.29, 1.82) is 0 Å². The van der Waals surface area contributed by atoms with E-state index in [0.29, 0.717) is 4.68 Å². The molecule has 0 aliphatic rings. The lowest BCUT2D eigenvalue weighted by Crippen LogP contribution is -2.21. The maximum absolute atomic E-state index is 14.8. The molecule has 0 atom stereocenters. The highest BCUT2D eigenvalue weighted by molar-refractivity contribution is 6.00. The number of nitrogens with zero attached hydrogens (tertiary/aromatic N) is 3. The molecule has 168 valence electrons. The monoisotopic (exact) mass is 457 g/mol. The van der Waals surface area contributed by atoms with Crippen molar-refractivity contribution in [2.24, 2.45) is 5.73 Å². The molecule has 2 heterocycles. The zero-order chi connectivity index (χ0) is 23.8. The van der Waals surface area contributed by atoms with E-state index in [1.54, 1.807) is 6.07 Å². The number of carbonyl (C=O) groups excluding carboxylic acids is 1. The van der Waals surface area contributed by atoms with Crippen LogP contribution in [0.25, 0.3) is 16.9 Å². The Morgan fingerprint density at radius 3 is 2.36 bits per heavy atom. The highest BCUT2D eigenvalue weighted by Crippen LogP contribution is 2.39. The van der Waals surface area contributed by atoms with Gasteiger partial charge in [-0.15, -0.1) is 0 Å². The van der Waals surface area contributed by atoms with Crippen LogP contribution in [0.2, 0.25) is 0 Å². The summed E-state index contributed by atoms with van der Waals surface area (Å²) < 4.78 is 62.5. The van der Waals surface area contributed by atoms with Crippen molar-refractivity contribution in [2.75, 3.05) is 5.73 Å². The van der Waals surface area contributed by atoms with Gasteiger partial charge in [-0.1, -0.05) is 18.2 Å². The van der Waals surface area contributed by atoms with Crippen LogP contribution in [-0.2, 0) is 6.18 Å². The van der Waals surface area contributed by atoms with Crippen molar-refractivity contribution in [2.45, 2.75) is 6.18 Å². The van der Waals surface area contributed by atoms with Crippen molar-refractivity contribution in [3.63, 3.8) is 0 Å². The fraction of sp³-hybridized carbons (Fsp3) is 0.0455. The molecule has 4 rings (SSSR count). The Bertz CT molecular complexity index is 1340. The Morgan fingerprint density at radius 2 is 1.76 bits per heavy atom. The lowest BCUT2D eigenvalue weighted by atomic mass is 10.0. The number of para-hydroxylation sites is 1. The van der Waals surface area contributed by atoms with Gasteiger partial charge in [0.1, 0.15) is 17.3 Å². The number of hydrogen-bond donors (Lipinski definition) is 2. The lowest BCUT2D eigenvalue weighted by molar-refractivity contribution is -0.143. The van der Waals surface area contributed by atoms with E-state index in [9.17, 15) is 22.4 Å². The summed E-state index contributed by atoms with van der Waals surface area (Å²) in [6.45, 7) is 0. The largest absolute Gasteiger partial charge is 0.454 e. The van der Waals surface area contributed by atoms with Crippen molar-refractivity contribution in [3.05, 3.63) is 83.9 Å². The van der Waals surface area contributed by atoms with Crippen LogP contribution in [0.1, 0.15) is 16.1 Å². The summed E-state index contributed by atoms with van der Waals surface area (Å²) in [5.74, 6) is -2.11. The molecule has 7 nitrogen and oxygen atoms in total. The van der Waals surface area contributed by atoms with Gasteiger partial charge >= 0.3 is 6.18 Å². The molecule has 1 amide bonds. The van der Waals surface area contributed by atoms with Crippen LogP contribution in [-0.4, -0.2) is 20.7 Å². The van der Waals surface area contributed by atoms with E-state index in [1.807, 2.05) is 0 Å². The quantitative estimate of drug-likeness (QED) is 0.427. The number of benzene rings is 2. The Hall–Kier alpha value is -4.41. The Kier molecular flexibility index (Phi) is 5.46. The molecule has 0 radical (unpaired) electrons. The van der Waals surface area contributed by atoms with Crippen LogP contribution in [0.4, 0.5) is 23.4 Å². The van der Waals surface area contributed by atoms with E-state index < -0.39 is 34.9 Å². The van der Waals surface area contributed by atoms with Crippen molar-refractivity contribution < 1.29 is 27.1 Å². The topological polar surface area (TPSA) is 109 Å². The number of alkyl halides is 3. The number of amides is 1. The second-order valence-electron chi connectivity index (χ2n) is 6.85. The van der Waals surface area contributed by atoms with Crippen LogP contribution >= 0.6 is 0 Å². The molecule has 0 aliphatic heterocycles. The van der Waals surface area contributed by atoms with Gasteiger partial charge in [-0.2, -0.15) is 18.3 Å². The predicted molar refractivity (Wildman–Crippen MR) is 111 cm³/mol. The number of rotatable bonds is 5. The van der Waals surface area contributed by atoms with Gasteiger partial charge in [0.2, 0.25) is 0 Å². The summed E-state index contributed by atoms with van der Waals surface area (Å²) in [6, 6.07) is 13.6. The van der Waals surface area contributed by atoms with Crippen LogP contribution in [0.5, 0.6) is 11.5 Å². The second-order valence-corrected chi connectivity index (χ2v) is 6.85. The third-order valence-electron chi connectivity index (χ3n) is 4.59. The van der Waals surface area contributed by atoms with Gasteiger partial charge in [-0.25, -0.2) is 14.1 Å². The molecule has 0 fully saturated rings. The SMILES string of the molecule is NC(=O)c1c(-c2ccc(Oc3ccnc(N)c3)c(F)c2)nn(-c2ccccc2)c1C(F)(F)F. The summed E-state index contributed by atoms with van der Waals surface area (Å²) in [5, 5.41) is 3.97. The highest BCUT2D eigenvalue weighted by Gasteiger charge is 2.42. The zero-order valence-corrected chi connectivity index (χ0v) is 16.7. The second kappa shape index (κ2) is 8.26. The molecule has 0 spiro atoms. The molecule has 2 aromatic heterocycles. The number of aromatic nitrogens is 3. The molecule has 2 aromatic carbocycles. The van der Waals surface area contributed by atoms with Gasteiger partial charge < -0.3 is 16.2 Å². The van der Waals surface area contributed by atoms with Crippen molar-refractivity contribution in [1.82, 2.24) is 14.8 Å². The van der Waals surface area contributed by atoms with Crippen LogP contribution in [0.15, 0.2) is 66.9 Å². The average molecular weight is 457 g/mol. The maximum Gasteiger partial charge on any atom is 0.434 e. The first-order valence-corrected chi connectivity index (χ1v) is 9.40. The van der Waals surface area contributed by atoms with Crippen LogP contribution in [0, 0.1) is 5.82 Å². The molecular weight excluding hydrogens is 442 g/mol. The minimum Gasteiger partial charge on any atom is -0.454 e. The highest BCUT2D eigenvalue weighted by atomic mass is 19.4. The third kappa shape index (κ3) is 4.33. The zero-order valence-electron chi connectivity index (χ0n) is 16.7. The van der Waals surface area contributed by atoms with Gasteiger partial charge in [0, 0.05) is 17.8 Å². The van der Waals surface area contributed by atoms with E-state index in [0.717, 1.165) is 6.07 Å². The molecule has 4 aromatic rings. The summed E-state index contributed by atoms with van der Waals surface area (Å²) >= 11 is 0. The predicted octanol–water partition coefficient (Wildman–Crippen LogP) is 4.57. The number of primary amides is 1. The molecule has 0 bridgehead atoms. The first-order chi connectivity index (χ1) is 15.6. The van der Waals surface area contributed by atoms with Crippen molar-refractivity contribution in [3.8, 4) is 28.4 Å². The molecule has 33 heavy (non-hydrogen) atoms. The van der Waals surface area contributed by atoms with E-state index >= 15 is 0 Å². The minimum absolute atomic E-state index is 0.0503. The van der Waals surface area contributed by atoms with Gasteiger partial charge in [-0.05, 0) is 36.4 Å². The maximum atomic E-state index is 14.8. The van der Waals surface area contributed by atoms with E-state index in [-0.39, 0.29) is 28.6 Å². The first kappa shape index (κ1) is 21.8. The average Bonchev–Trinajstić information content (AvgIpc) is 3.18. The molecule has 0 saturated carbocycles.